The van der Waals surface area contributed by atoms with Gasteiger partial charge in [-0.05, 0) is 36.6 Å². The molecule has 0 atom stereocenters. The third-order valence-corrected chi connectivity index (χ3v) is 3.21. The number of benzene rings is 2. The minimum Gasteiger partial charge on any atom is -0.352 e. The Labute approximate surface area is 118 Å². The van der Waals surface area contributed by atoms with Gasteiger partial charge in [-0.25, -0.2) is 4.39 Å². The van der Waals surface area contributed by atoms with Crippen LogP contribution in [0.15, 0.2) is 42.5 Å². The summed E-state index contributed by atoms with van der Waals surface area (Å²) < 4.78 is 13.4. The largest absolute Gasteiger partial charge is 0.352 e. The summed E-state index contributed by atoms with van der Waals surface area (Å²) in [6, 6.07) is 12.9. The summed E-state index contributed by atoms with van der Waals surface area (Å²) in [7, 11) is 0. The second kappa shape index (κ2) is 6.33. The van der Waals surface area contributed by atoms with Crippen LogP contribution in [0.2, 0.25) is 0 Å². The van der Waals surface area contributed by atoms with Crippen LogP contribution in [0.1, 0.15) is 22.3 Å². The minimum absolute atomic E-state index is 0.0603. The quantitative estimate of drug-likeness (QED) is 0.908. The highest BCUT2D eigenvalue weighted by molar-refractivity contribution is 5.78. The standard InChI is InChI=1S/C17H18FNO/c1-12-3-6-14(7-4-12)10-17(20)19-11-15-8-5-13(2)16(18)9-15/h3-9H,10-11H2,1-2H3,(H,19,20). The third-order valence-electron chi connectivity index (χ3n) is 3.21. The van der Waals surface area contributed by atoms with E-state index in [0.29, 0.717) is 18.5 Å². The lowest BCUT2D eigenvalue weighted by atomic mass is 10.1. The van der Waals surface area contributed by atoms with Gasteiger partial charge in [-0.1, -0.05) is 42.0 Å². The first-order chi connectivity index (χ1) is 9.54. The van der Waals surface area contributed by atoms with Gasteiger partial charge in [0, 0.05) is 6.54 Å². The Morgan fingerprint density at radius 2 is 1.70 bits per heavy atom. The summed E-state index contributed by atoms with van der Waals surface area (Å²) in [5.74, 6) is -0.301. The number of hydrogen-bond acceptors (Lipinski definition) is 1. The van der Waals surface area contributed by atoms with E-state index in [9.17, 15) is 9.18 Å². The summed E-state index contributed by atoms with van der Waals surface area (Å²) in [6.07, 6.45) is 0.342. The number of amides is 1. The van der Waals surface area contributed by atoms with Crippen LogP contribution >= 0.6 is 0 Å². The van der Waals surface area contributed by atoms with E-state index < -0.39 is 0 Å². The lowest BCUT2D eigenvalue weighted by molar-refractivity contribution is -0.120. The molecule has 0 saturated carbocycles. The molecule has 0 heterocycles. The average molecular weight is 271 g/mol. The molecule has 0 aliphatic heterocycles. The second-order valence-electron chi connectivity index (χ2n) is 5.02. The highest BCUT2D eigenvalue weighted by Gasteiger charge is 2.04. The summed E-state index contributed by atoms with van der Waals surface area (Å²) in [5.41, 5.74) is 3.53. The molecule has 20 heavy (non-hydrogen) atoms. The molecule has 2 aromatic carbocycles. The van der Waals surface area contributed by atoms with Crippen molar-refractivity contribution in [3.63, 3.8) is 0 Å². The van der Waals surface area contributed by atoms with E-state index in [-0.39, 0.29) is 11.7 Å². The van der Waals surface area contributed by atoms with Gasteiger partial charge in [0.25, 0.3) is 0 Å². The normalized spacial score (nSPS) is 10.3. The van der Waals surface area contributed by atoms with Crippen molar-refractivity contribution < 1.29 is 9.18 Å². The molecule has 2 aromatic rings. The Morgan fingerprint density at radius 1 is 1.05 bits per heavy atom. The molecule has 0 saturated heterocycles. The average Bonchev–Trinajstić information content (AvgIpc) is 2.43. The fourth-order valence-corrected chi connectivity index (χ4v) is 1.90. The Balaban J connectivity index is 1.88. The van der Waals surface area contributed by atoms with Crippen molar-refractivity contribution in [1.82, 2.24) is 5.32 Å². The van der Waals surface area contributed by atoms with Gasteiger partial charge in [-0.3, -0.25) is 4.79 Å². The van der Waals surface area contributed by atoms with Gasteiger partial charge in [0.2, 0.25) is 5.91 Å². The van der Waals surface area contributed by atoms with Gasteiger partial charge in [-0.15, -0.1) is 0 Å². The Morgan fingerprint density at radius 3 is 2.35 bits per heavy atom. The van der Waals surface area contributed by atoms with Crippen LogP contribution in [0.25, 0.3) is 0 Å². The molecule has 0 fully saturated rings. The zero-order valence-electron chi connectivity index (χ0n) is 11.7. The van der Waals surface area contributed by atoms with Crippen LogP contribution < -0.4 is 5.32 Å². The Kier molecular flexibility index (Phi) is 4.51. The van der Waals surface area contributed by atoms with Crippen LogP contribution in [-0.2, 0) is 17.8 Å². The van der Waals surface area contributed by atoms with Gasteiger partial charge in [-0.2, -0.15) is 0 Å². The zero-order valence-corrected chi connectivity index (χ0v) is 11.7. The lowest BCUT2D eigenvalue weighted by Gasteiger charge is -2.07. The van der Waals surface area contributed by atoms with Gasteiger partial charge in [0.1, 0.15) is 5.82 Å². The molecule has 1 amide bonds. The first-order valence-corrected chi connectivity index (χ1v) is 6.62. The van der Waals surface area contributed by atoms with E-state index in [1.807, 2.05) is 37.3 Å². The maximum atomic E-state index is 13.4. The SMILES string of the molecule is Cc1ccc(CC(=O)NCc2ccc(C)c(F)c2)cc1. The van der Waals surface area contributed by atoms with Crippen molar-refractivity contribution in [1.29, 1.82) is 0 Å². The van der Waals surface area contributed by atoms with Crippen molar-refractivity contribution in [3.8, 4) is 0 Å². The molecule has 0 spiro atoms. The molecule has 0 radical (unpaired) electrons. The van der Waals surface area contributed by atoms with E-state index >= 15 is 0 Å². The smallest absolute Gasteiger partial charge is 0.224 e. The molecule has 0 bridgehead atoms. The molecule has 104 valence electrons. The number of hydrogen-bond donors (Lipinski definition) is 1. The van der Waals surface area contributed by atoms with Crippen molar-refractivity contribution >= 4 is 5.91 Å². The highest BCUT2D eigenvalue weighted by atomic mass is 19.1. The van der Waals surface area contributed by atoms with Crippen molar-refractivity contribution in [2.75, 3.05) is 0 Å². The molecule has 2 rings (SSSR count). The number of carbonyl (C=O) groups excluding carboxylic acids is 1. The fourth-order valence-electron chi connectivity index (χ4n) is 1.90. The molecule has 1 N–H and O–H groups in total. The van der Waals surface area contributed by atoms with E-state index in [1.54, 1.807) is 13.0 Å². The van der Waals surface area contributed by atoms with Crippen LogP contribution in [0.5, 0.6) is 0 Å². The van der Waals surface area contributed by atoms with Crippen LogP contribution in [0.4, 0.5) is 4.39 Å². The third kappa shape index (κ3) is 3.92. The van der Waals surface area contributed by atoms with Crippen LogP contribution in [-0.4, -0.2) is 5.91 Å². The fraction of sp³-hybridized carbons (Fsp3) is 0.235. The number of aryl methyl sites for hydroxylation is 2. The van der Waals surface area contributed by atoms with Crippen molar-refractivity contribution in [3.05, 3.63) is 70.5 Å². The second-order valence-corrected chi connectivity index (χ2v) is 5.02. The summed E-state index contributed by atoms with van der Waals surface area (Å²) in [4.78, 5) is 11.8. The maximum Gasteiger partial charge on any atom is 0.224 e. The van der Waals surface area contributed by atoms with E-state index in [0.717, 1.165) is 11.1 Å². The first kappa shape index (κ1) is 14.3. The van der Waals surface area contributed by atoms with Crippen molar-refractivity contribution in [2.45, 2.75) is 26.8 Å². The molecule has 0 aliphatic carbocycles. The predicted molar refractivity (Wildman–Crippen MR) is 77.9 cm³/mol. The Hall–Kier alpha value is -2.16. The Bertz CT molecular complexity index is 605. The number of nitrogens with one attached hydrogen (secondary N) is 1. The number of carbonyl (C=O) groups is 1. The summed E-state index contributed by atoms with van der Waals surface area (Å²) in [6.45, 7) is 4.08. The molecule has 0 unspecified atom stereocenters. The molecule has 3 heteroatoms. The minimum atomic E-state index is -0.240. The molecule has 0 aromatic heterocycles. The van der Waals surface area contributed by atoms with E-state index in [4.69, 9.17) is 0 Å². The molecular weight excluding hydrogens is 253 g/mol. The van der Waals surface area contributed by atoms with Gasteiger partial charge in [0.15, 0.2) is 0 Å². The summed E-state index contributed by atoms with van der Waals surface area (Å²) in [5, 5.41) is 2.80. The van der Waals surface area contributed by atoms with Crippen LogP contribution in [0, 0.1) is 19.7 Å². The lowest BCUT2D eigenvalue weighted by Crippen LogP contribution is -2.24. The molecule has 2 nitrogen and oxygen atoms in total. The highest BCUT2D eigenvalue weighted by Crippen LogP contribution is 2.09. The maximum absolute atomic E-state index is 13.4. The van der Waals surface area contributed by atoms with Crippen molar-refractivity contribution in [2.24, 2.45) is 0 Å². The van der Waals surface area contributed by atoms with Gasteiger partial charge < -0.3 is 5.32 Å². The summed E-state index contributed by atoms with van der Waals surface area (Å²) >= 11 is 0. The molecular formula is C17H18FNO. The predicted octanol–water partition coefficient (Wildman–Crippen LogP) is 3.30. The number of halogens is 1. The number of rotatable bonds is 4. The van der Waals surface area contributed by atoms with E-state index in [2.05, 4.69) is 5.32 Å². The topological polar surface area (TPSA) is 29.1 Å². The monoisotopic (exact) mass is 271 g/mol. The van der Waals surface area contributed by atoms with Gasteiger partial charge >= 0.3 is 0 Å². The molecule has 0 aliphatic rings. The zero-order chi connectivity index (χ0) is 14.5. The van der Waals surface area contributed by atoms with Crippen LogP contribution in [0.3, 0.4) is 0 Å². The first-order valence-electron chi connectivity index (χ1n) is 6.62. The van der Waals surface area contributed by atoms with Gasteiger partial charge in [0.05, 0.1) is 6.42 Å². The van der Waals surface area contributed by atoms with E-state index in [1.165, 1.54) is 11.6 Å².